The van der Waals surface area contributed by atoms with Gasteiger partial charge in [-0.2, -0.15) is 0 Å². The van der Waals surface area contributed by atoms with Crippen LogP contribution in [0.5, 0.6) is 0 Å². The Morgan fingerprint density at radius 3 is 2.63 bits per heavy atom. The van der Waals surface area contributed by atoms with E-state index in [2.05, 4.69) is 4.98 Å². The Bertz CT molecular complexity index is 823. The molecule has 0 aliphatic carbocycles. The Balaban J connectivity index is 2.26. The van der Waals surface area contributed by atoms with Crippen LogP contribution in [-0.2, 0) is 0 Å². The summed E-state index contributed by atoms with van der Waals surface area (Å²) < 4.78 is 2.09. The van der Waals surface area contributed by atoms with Crippen molar-refractivity contribution in [3.63, 3.8) is 0 Å². The van der Waals surface area contributed by atoms with E-state index in [-0.39, 0.29) is 11.2 Å². The SMILES string of the molecule is O=c1c2ccc([N+](=O)[O-])cc2sn1-c1ccncc1. The van der Waals surface area contributed by atoms with Gasteiger partial charge in [0.2, 0.25) is 0 Å². The summed E-state index contributed by atoms with van der Waals surface area (Å²) in [6, 6.07) is 7.67. The average Bonchev–Trinajstić information content (AvgIpc) is 2.76. The van der Waals surface area contributed by atoms with Crippen molar-refractivity contribution in [3.8, 4) is 5.69 Å². The average molecular weight is 273 g/mol. The molecule has 0 radical (unpaired) electrons. The molecule has 0 N–H and O–H groups in total. The van der Waals surface area contributed by atoms with E-state index in [4.69, 9.17) is 0 Å². The summed E-state index contributed by atoms with van der Waals surface area (Å²) in [6.45, 7) is 0. The number of nitro benzene ring substituents is 1. The van der Waals surface area contributed by atoms with Crippen molar-refractivity contribution in [2.24, 2.45) is 0 Å². The van der Waals surface area contributed by atoms with Crippen molar-refractivity contribution in [1.82, 2.24) is 8.94 Å². The molecule has 0 atom stereocenters. The molecule has 0 saturated carbocycles. The Morgan fingerprint density at radius 1 is 1.21 bits per heavy atom. The molecule has 0 aliphatic rings. The molecule has 7 heteroatoms. The molecule has 0 unspecified atom stereocenters. The molecule has 3 aromatic rings. The van der Waals surface area contributed by atoms with Gasteiger partial charge >= 0.3 is 0 Å². The van der Waals surface area contributed by atoms with Gasteiger partial charge in [0.1, 0.15) is 0 Å². The zero-order chi connectivity index (χ0) is 13.4. The van der Waals surface area contributed by atoms with Crippen molar-refractivity contribution in [1.29, 1.82) is 0 Å². The van der Waals surface area contributed by atoms with Gasteiger partial charge in [-0.3, -0.25) is 19.9 Å². The number of aromatic nitrogens is 2. The van der Waals surface area contributed by atoms with Gasteiger partial charge in [-0.25, -0.2) is 3.96 Å². The second-order valence-electron chi connectivity index (χ2n) is 3.83. The third kappa shape index (κ3) is 1.89. The number of nitro groups is 1. The molecule has 19 heavy (non-hydrogen) atoms. The number of nitrogens with zero attached hydrogens (tertiary/aromatic N) is 3. The summed E-state index contributed by atoms with van der Waals surface area (Å²) in [5.74, 6) is 0. The maximum Gasteiger partial charge on any atom is 0.273 e. The fourth-order valence-electron chi connectivity index (χ4n) is 1.78. The maximum atomic E-state index is 12.2. The van der Waals surface area contributed by atoms with Crippen LogP contribution in [0.4, 0.5) is 5.69 Å². The van der Waals surface area contributed by atoms with Gasteiger partial charge < -0.3 is 0 Å². The zero-order valence-corrected chi connectivity index (χ0v) is 10.3. The van der Waals surface area contributed by atoms with Crippen molar-refractivity contribution in [2.75, 3.05) is 0 Å². The summed E-state index contributed by atoms with van der Waals surface area (Å²) in [4.78, 5) is 26.3. The predicted octanol–water partition coefficient (Wildman–Crippen LogP) is 2.36. The fourth-order valence-corrected chi connectivity index (χ4v) is 2.81. The standard InChI is InChI=1S/C12H7N3O3S/c16-12-10-2-1-9(15(17)18)7-11(10)19-14(12)8-3-5-13-6-4-8/h1-7H. The van der Waals surface area contributed by atoms with Crippen LogP contribution in [0.3, 0.4) is 0 Å². The van der Waals surface area contributed by atoms with Gasteiger partial charge in [0.25, 0.3) is 11.2 Å². The first kappa shape index (κ1) is 11.5. The molecule has 0 amide bonds. The summed E-state index contributed by atoms with van der Waals surface area (Å²) >= 11 is 1.18. The van der Waals surface area contributed by atoms with Gasteiger partial charge in [-0.15, -0.1) is 0 Å². The number of rotatable bonds is 2. The third-order valence-corrected chi connectivity index (χ3v) is 3.77. The fraction of sp³-hybridized carbons (Fsp3) is 0. The molecular weight excluding hydrogens is 266 g/mol. The lowest BCUT2D eigenvalue weighted by atomic mass is 10.2. The number of hydrogen-bond acceptors (Lipinski definition) is 5. The first-order chi connectivity index (χ1) is 9.16. The predicted molar refractivity (Wildman–Crippen MR) is 71.9 cm³/mol. The second-order valence-corrected chi connectivity index (χ2v) is 4.82. The largest absolute Gasteiger partial charge is 0.273 e. The van der Waals surface area contributed by atoms with Gasteiger partial charge in [-0.1, -0.05) is 11.5 Å². The Morgan fingerprint density at radius 2 is 1.95 bits per heavy atom. The van der Waals surface area contributed by atoms with E-state index < -0.39 is 4.92 Å². The molecular formula is C12H7N3O3S. The van der Waals surface area contributed by atoms with Gasteiger partial charge in [-0.05, 0) is 18.2 Å². The van der Waals surface area contributed by atoms with Gasteiger partial charge in [0.05, 0.1) is 20.7 Å². The summed E-state index contributed by atoms with van der Waals surface area (Å²) in [5, 5.41) is 11.2. The number of benzene rings is 1. The van der Waals surface area contributed by atoms with Crippen molar-refractivity contribution in [2.45, 2.75) is 0 Å². The zero-order valence-electron chi connectivity index (χ0n) is 9.52. The highest BCUT2D eigenvalue weighted by molar-refractivity contribution is 7.14. The minimum absolute atomic E-state index is 0.0179. The molecule has 2 aromatic heterocycles. The minimum Gasteiger partial charge on any atom is -0.267 e. The second kappa shape index (κ2) is 4.29. The molecule has 94 valence electrons. The first-order valence-corrected chi connectivity index (χ1v) is 6.15. The van der Waals surface area contributed by atoms with E-state index in [1.54, 1.807) is 24.5 Å². The highest BCUT2D eigenvalue weighted by atomic mass is 32.1. The van der Waals surface area contributed by atoms with Crippen LogP contribution in [0.2, 0.25) is 0 Å². The quantitative estimate of drug-likeness (QED) is 0.530. The molecule has 0 spiro atoms. The van der Waals surface area contributed by atoms with Gasteiger partial charge in [0.15, 0.2) is 0 Å². The molecule has 0 fully saturated rings. The van der Waals surface area contributed by atoms with Crippen molar-refractivity contribution in [3.05, 3.63) is 63.2 Å². The number of fused-ring (bicyclic) bond motifs is 1. The Hall–Kier alpha value is -2.54. The molecule has 0 aliphatic heterocycles. The van der Waals surface area contributed by atoms with E-state index in [1.165, 1.54) is 33.7 Å². The van der Waals surface area contributed by atoms with E-state index in [1.807, 2.05) is 0 Å². The molecule has 0 saturated heterocycles. The summed E-state index contributed by atoms with van der Waals surface area (Å²) in [6.07, 6.45) is 3.18. The van der Waals surface area contributed by atoms with E-state index in [0.717, 1.165) is 0 Å². The highest BCUT2D eigenvalue weighted by Gasteiger charge is 2.13. The smallest absolute Gasteiger partial charge is 0.267 e. The summed E-state index contributed by atoms with van der Waals surface area (Å²) in [7, 11) is 0. The van der Waals surface area contributed by atoms with Crippen LogP contribution < -0.4 is 5.56 Å². The topological polar surface area (TPSA) is 78.0 Å². The lowest BCUT2D eigenvalue weighted by Gasteiger charge is -1.96. The van der Waals surface area contributed by atoms with Crippen LogP contribution in [0.25, 0.3) is 15.8 Å². The molecule has 1 aromatic carbocycles. The molecule has 3 rings (SSSR count). The number of non-ortho nitro benzene ring substituents is 1. The van der Waals surface area contributed by atoms with Crippen LogP contribution in [0.15, 0.2) is 47.5 Å². The van der Waals surface area contributed by atoms with Crippen LogP contribution >= 0.6 is 11.5 Å². The maximum absolute atomic E-state index is 12.2. The highest BCUT2D eigenvalue weighted by Crippen LogP contribution is 2.24. The number of hydrogen-bond donors (Lipinski definition) is 0. The summed E-state index contributed by atoms with van der Waals surface area (Å²) in [5.41, 5.74) is 0.501. The van der Waals surface area contributed by atoms with Crippen LogP contribution in [0.1, 0.15) is 0 Å². The Kier molecular flexibility index (Phi) is 2.60. The molecule has 0 bridgehead atoms. The van der Waals surface area contributed by atoms with Crippen molar-refractivity contribution >= 4 is 27.3 Å². The normalized spacial score (nSPS) is 10.7. The van der Waals surface area contributed by atoms with E-state index in [9.17, 15) is 14.9 Å². The lowest BCUT2D eigenvalue weighted by Crippen LogP contribution is -2.10. The Labute approximate surface area is 110 Å². The minimum atomic E-state index is -0.472. The van der Waals surface area contributed by atoms with Crippen molar-refractivity contribution < 1.29 is 4.92 Å². The third-order valence-electron chi connectivity index (χ3n) is 2.68. The van der Waals surface area contributed by atoms with Gasteiger partial charge in [0, 0.05) is 24.5 Å². The number of pyridine rings is 1. The van der Waals surface area contributed by atoms with E-state index >= 15 is 0 Å². The van der Waals surface area contributed by atoms with Crippen LogP contribution in [-0.4, -0.2) is 13.9 Å². The monoisotopic (exact) mass is 273 g/mol. The lowest BCUT2D eigenvalue weighted by molar-refractivity contribution is -0.384. The van der Waals surface area contributed by atoms with Crippen LogP contribution in [0, 0.1) is 10.1 Å². The first-order valence-electron chi connectivity index (χ1n) is 5.38. The van der Waals surface area contributed by atoms with E-state index in [0.29, 0.717) is 15.8 Å². The molecule has 2 heterocycles. The molecule has 6 nitrogen and oxygen atoms in total.